The Morgan fingerprint density at radius 1 is 0.861 bits per heavy atom. The normalized spacial score (nSPS) is 20.0. The van der Waals surface area contributed by atoms with Gasteiger partial charge in [0, 0.05) is 63.8 Å². The summed E-state index contributed by atoms with van der Waals surface area (Å²) < 4.78 is 2.42. The van der Waals surface area contributed by atoms with Gasteiger partial charge in [0.1, 0.15) is 0 Å². The largest absolute Gasteiger partial charge is 0.344 e. The Kier molecular flexibility index (Phi) is 6.73. The number of rotatable bonds is 4. The molecule has 0 radical (unpaired) electrons. The summed E-state index contributed by atoms with van der Waals surface area (Å²) in [6.07, 6.45) is 9.06. The molecule has 5 rings (SSSR count). The Morgan fingerprint density at radius 2 is 1.47 bits per heavy atom. The molecule has 0 saturated heterocycles. The molecule has 0 atom stereocenters. The first kappa shape index (κ1) is 24.3. The second-order valence-corrected chi connectivity index (χ2v) is 10.4. The molecule has 0 amide bonds. The minimum absolute atomic E-state index is 0.117. The molecule has 1 aliphatic carbocycles. The highest BCUT2D eigenvalue weighted by Gasteiger charge is 2.39. The Hall–Kier alpha value is -3.36. The predicted molar refractivity (Wildman–Crippen MR) is 156 cm³/mol. The highest BCUT2D eigenvalue weighted by atomic mass is 35.5. The summed E-state index contributed by atoms with van der Waals surface area (Å²) in [6, 6.07) is 27.7. The summed E-state index contributed by atoms with van der Waals surface area (Å²) in [5.41, 5.74) is 10.2. The van der Waals surface area contributed by atoms with Gasteiger partial charge < -0.3 is 4.90 Å². The van der Waals surface area contributed by atoms with Crippen LogP contribution in [-0.4, -0.2) is 12.3 Å². The minimum atomic E-state index is -0.117. The highest BCUT2D eigenvalue weighted by Crippen LogP contribution is 2.48. The van der Waals surface area contributed by atoms with Crippen molar-refractivity contribution in [1.29, 1.82) is 0 Å². The molecule has 1 saturated carbocycles. The summed E-state index contributed by atoms with van der Waals surface area (Å²) in [7, 11) is 0. The number of likely N-dealkylation sites (N-methyl/N-ethyl adjacent to an activating group) is 1. The van der Waals surface area contributed by atoms with E-state index in [-0.39, 0.29) is 5.41 Å². The van der Waals surface area contributed by atoms with Crippen molar-refractivity contribution in [1.82, 2.24) is 4.58 Å². The van der Waals surface area contributed by atoms with Gasteiger partial charge in [0.2, 0.25) is 17.1 Å². The molecule has 3 aromatic rings. The van der Waals surface area contributed by atoms with Crippen molar-refractivity contribution < 1.29 is 0 Å². The topological polar surface area (TPSA) is 6.25 Å². The zero-order valence-electron chi connectivity index (χ0n) is 21.6. The standard InChI is InChI=1S/C33H34ClN2/c1-5-24-17-18-25(32(24)36(27-13-9-7-10-14-27)28-15-11-8-12-16-28)19-22-31-33(3,4)29-23-26(34)20-21-30(29)35(31)6-2/h5,7-16,19-23H,6,17-18H2,1-4H3/q+1/b24-5+. The minimum Gasteiger partial charge on any atom is -0.344 e. The Balaban J connectivity index is 1.69. The van der Waals surface area contributed by atoms with Gasteiger partial charge in [0.25, 0.3) is 0 Å². The van der Waals surface area contributed by atoms with E-state index in [1.54, 1.807) is 0 Å². The SMILES string of the molecule is C/C=C1\CCC(=CC=C2N(CC)c3ccc(Cl)cc3C2(C)C)C1=[N+](c1ccccc1)c1ccccc1. The molecule has 0 N–H and O–H groups in total. The van der Waals surface area contributed by atoms with Gasteiger partial charge in [-0.2, -0.15) is 4.58 Å². The first-order chi connectivity index (χ1) is 17.5. The van der Waals surface area contributed by atoms with Crippen molar-refractivity contribution in [2.75, 3.05) is 11.4 Å². The number of anilines is 1. The molecule has 0 aromatic heterocycles. The van der Waals surface area contributed by atoms with Gasteiger partial charge in [-0.3, -0.25) is 0 Å². The van der Waals surface area contributed by atoms with E-state index in [1.807, 2.05) is 6.07 Å². The first-order valence-corrected chi connectivity index (χ1v) is 13.3. The van der Waals surface area contributed by atoms with Crippen LogP contribution in [0.5, 0.6) is 0 Å². The lowest BCUT2D eigenvalue weighted by atomic mass is 9.83. The Labute approximate surface area is 220 Å². The maximum absolute atomic E-state index is 6.41. The Morgan fingerprint density at radius 3 is 2.06 bits per heavy atom. The summed E-state index contributed by atoms with van der Waals surface area (Å²) in [4.78, 5) is 2.43. The fraction of sp³-hybridized carbons (Fsp3) is 0.242. The Bertz CT molecular complexity index is 1350. The molecular weight excluding hydrogens is 460 g/mol. The van der Waals surface area contributed by atoms with Crippen LogP contribution in [0.15, 0.2) is 114 Å². The van der Waals surface area contributed by atoms with Gasteiger partial charge in [-0.1, -0.05) is 74.0 Å². The van der Waals surface area contributed by atoms with E-state index in [0.717, 1.165) is 24.4 Å². The lowest BCUT2D eigenvalue weighted by Crippen LogP contribution is -2.25. The molecule has 1 aliphatic heterocycles. The second-order valence-electron chi connectivity index (χ2n) is 9.94. The average Bonchev–Trinajstić information content (AvgIpc) is 3.39. The van der Waals surface area contributed by atoms with Gasteiger partial charge in [-0.05, 0) is 56.5 Å². The van der Waals surface area contributed by atoms with E-state index < -0.39 is 0 Å². The van der Waals surface area contributed by atoms with Crippen LogP contribution in [0.2, 0.25) is 5.02 Å². The van der Waals surface area contributed by atoms with Crippen LogP contribution in [0.4, 0.5) is 17.1 Å². The highest BCUT2D eigenvalue weighted by molar-refractivity contribution is 6.30. The van der Waals surface area contributed by atoms with Crippen molar-refractivity contribution in [2.45, 2.75) is 46.0 Å². The van der Waals surface area contributed by atoms with Gasteiger partial charge in [0.15, 0.2) is 0 Å². The van der Waals surface area contributed by atoms with Crippen LogP contribution in [0.3, 0.4) is 0 Å². The molecule has 1 fully saturated rings. The van der Waals surface area contributed by atoms with Gasteiger partial charge in [0.05, 0.1) is 0 Å². The van der Waals surface area contributed by atoms with Gasteiger partial charge >= 0.3 is 0 Å². The fourth-order valence-electron chi connectivity index (χ4n) is 5.67. The maximum Gasteiger partial charge on any atom is 0.217 e. The zero-order valence-corrected chi connectivity index (χ0v) is 22.4. The van der Waals surface area contributed by atoms with Crippen LogP contribution >= 0.6 is 11.6 Å². The van der Waals surface area contributed by atoms with E-state index in [4.69, 9.17) is 11.6 Å². The number of allylic oxidation sites excluding steroid dienone is 6. The van der Waals surface area contributed by atoms with Crippen LogP contribution in [-0.2, 0) is 5.41 Å². The molecule has 0 spiro atoms. The molecule has 3 aromatic carbocycles. The molecule has 0 unspecified atom stereocenters. The summed E-state index contributed by atoms with van der Waals surface area (Å²) >= 11 is 6.41. The molecule has 0 bridgehead atoms. The van der Waals surface area contributed by atoms with Crippen molar-refractivity contribution >= 4 is 34.4 Å². The second kappa shape index (κ2) is 9.95. The third-order valence-corrected chi connectivity index (χ3v) is 7.72. The number of halogens is 1. The van der Waals surface area contributed by atoms with Crippen LogP contribution in [0.25, 0.3) is 0 Å². The number of para-hydroxylation sites is 2. The smallest absolute Gasteiger partial charge is 0.217 e. The number of nitrogens with zero attached hydrogens (tertiary/aromatic N) is 2. The molecule has 2 aliphatic rings. The summed E-state index contributed by atoms with van der Waals surface area (Å²) in [5.74, 6) is 0. The summed E-state index contributed by atoms with van der Waals surface area (Å²) in [5, 5.41) is 0.794. The monoisotopic (exact) mass is 493 g/mol. The molecule has 1 heterocycles. The molecule has 2 nitrogen and oxygen atoms in total. The lowest BCUT2D eigenvalue weighted by Gasteiger charge is -2.26. The zero-order chi connectivity index (χ0) is 25.3. The van der Waals surface area contributed by atoms with E-state index in [0.29, 0.717) is 0 Å². The third kappa shape index (κ3) is 4.24. The third-order valence-electron chi connectivity index (χ3n) is 7.49. The maximum atomic E-state index is 6.41. The molecular formula is C33H34ClN2+. The van der Waals surface area contributed by atoms with Gasteiger partial charge in [-0.25, -0.2) is 0 Å². The van der Waals surface area contributed by atoms with Crippen molar-refractivity contribution in [3.05, 3.63) is 125 Å². The number of fused-ring (bicyclic) bond motifs is 1. The molecule has 3 heteroatoms. The fourth-order valence-corrected chi connectivity index (χ4v) is 5.84. The van der Waals surface area contributed by atoms with Crippen molar-refractivity contribution in [3.63, 3.8) is 0 Å². The molecule has 36 heavy (non-hydrogen) atoms. The van der Waals surface area contributed by atoms with Crippen molar-refractivity contribution in [3.8, 4) is 0 Å². The molecule has 182 valence electrons. The van der Waals surface area contributed by atoms with Crippen LogP contribution in [0.1, 0.15) is 46.1 Å². The van der Waals surface area contributed by atoms with Crippen molar-refractivity contribution in [2.24, 2.45) is 0 Å². The predicted octanol–water partition coefficient (Wildman–Crippen LogP) is 8.98. The number of hydrogen-bond acceptors (Lipinski definition) is 1. The number of hydrogen-bond donors (Lipinski definition) is 0. The number of benzene rings is 3. The average molecular weight is 494 g/mol. The van der Waals surface area contributed by atoms with E-state index in [9.17, 15) is 0 Å². The summed E-state index contributed by atoms with van der Waals surface area (Å²) in [6.45, 7) is 9.91. The quantitative estimate of drug-likeness (QED) is 0.328. The van der Waals surface area contributed by atoms with E-state index >= 15 is 0 Å². The first-order valence-electron chi connectivity index (χ1n) is 12.9. The van der Waals surface area contributed by atoms with E-state index in [2.05, 4.69) is 128 Å². The van der Waals surface area contributed by atoms with Gasteiger partial charge in [-0.15, -0.1) is 0 Å². The lowest BCUT2D eigenvalue weighted by molar-refractivity contribution is 0.634. The van der Waals surface area contributed by atoms with Crippen LogP contribution < -0.4 is 9.48 Å². The van der Waals surface area contributed by atoms with Crippen LogP contribution in [0, 0.1) is 0 Å². The van der Waals surface area contributed by atoms with E-state index in [1.165, 1.54) is 45.2 Å².